The standard InChI is InChI=1S/C32H37N5O3S2/c1-21-18-22(16-17-25(21)40-3)12-9-15-27-35-36-32(37(27)2)41-20-28(38)34-31-29(24-13-7-8-14-26(24)42-31)30(39)33-19-23-10-5-4-6-11-23/h4-6,10-11,16-18H,7-9,12-15,19-20H2,1-3H3,(H,33,39)(H,34,38). The zero-order chi connectivity index (χ0) is 29.5. The van der Waals surface area contributed by atoms with E-state index in [1.165, 1.54) is 33.5 Å². The fourth-order valence-electron chi connectivity index (χ4n) is 5.29. The van der Waals surface area contributed by atoms with E-state index in [0.29, 0.717) is 22.3 Å². The van der Waals surface area contributed by atoms with Crippen LogP contribution in [-0.4, -0.2) is 39.4 Å². The summed E-state index contributed by atoms with van der Waals surface area (Å²) in [5.74, 6) is 1.69. The molecule has 220 valence electrons. The Kier molecular flexibility index (Phi) is 9.97. The van der Waals surface area contributed by atoms with Gasteiger partial charge in [0.25, 0.3) is 5.91 Å². The fraction of sp³-hybridized carbons (Fsp3) is 0.375. The van der Waals surface area contributed by atoms with Crippen molar-refractivity contribution in [3.8, 4) is 5.75 Å². The maximum atomic E-state index is 13.3. The first-order valence-electron chi connectivity index (χ1n) is 14.3. The van der Waals surface area contributed by atoms with Crippen LogP contribution in [0.3, 0.4) is 0 Å². The molecule has 8 nitrogen and oxygen atoms in total. The van der Waals surface area contributed by atoms with E-state index in [1.807, 2.05) is 48.0 Å². The number of nitrogens with zero attached hydrogens (tertiary/aromatic N) is 3. The number of aryl methyl sites for hydroxylation is 4. The number of amides is 2. The maximum Gasteiger partial charge on any atom is 0.254 e. The van der Waals surface area contributed by atoms with Crippen LogP contribution in [0.5, 0.6) is 5.75 Å². The van der Waals surface area contributed by atoms with Gasteiger partial charge in [0.2, 0.25) is 5.91 Å². The summed E-state index contributed by atoms with van der Waals surface area (Å²) in [6, 6.07) is 16.1. The highest BCUT2D eigenvalue weighted by molar-refractivity contribution is 7.99. The molecule has 0 unspecified atom stereocenters. The number of anilines is 1. The van der Waals surface area contributed by atoms with Crippen LogP contribution < -0.4 is 15.4 Å². The zero-order valence-electron chi connectivity index (χ0n) is 24.4. The Balaban J connectivity index is 1.17. The minimum Gasteiger partial charge on any atom is -0.496 e. The molecular weight excluding hydrogens is 567 g/mol. The molecule has 4 aromatic rings. The second-order valence-corrected chi connectivity index (χ2v) is 12.6. The molecule has 2 heterocycles. The van der Waals surface area contributed by atoms with Gasteiger partial charge in [-0.15, -0.1) is 21.5 Å². The first kappa shape index (κ1) is 29.8. The van der Waals surface area contributed by atoms with Crippen LogP contribution in [0, 0.1) is 6.92 Å². The number of aromatic nitrogens is 3. The van der Waals surface area contributed by atoms with Crippen molar-refractivity contribution < 1.29 is 14.3 Å². The molecule has 10 heteroatoms. The monoisotopic (exact) mass is 603 g/mol. The van der Waals surface area contributed by atoms with Crippen molar-refractivity contribution in [2.75, 3.05) is 18.2 Å². The summed E-state index contributed by atoms with van der Waals surface area (Å²) in [6.07, 6.45) is 6.66. The number of hydrogen-bond donors (Lipinski definition) is 2. The summed E-state index contributed by atoms with van der Waals surface area (Å²) in [6.45, 7) is 2.50. The average molecular weight is 604 g/mol. The number of ether oxygens (including phenoxy) is 1. The zero-order valence-corrected chi connectivity index (χ0v) is 26.0. The molecule has 2 aromatic heterocycles. The van der Waals surface area contributed by atoms with Crippen LogP contribution in [0.4, 0.5) is 5.00 Å². The van der Waals surface area contributed by atoms with Gasteiger partial charge in [0.15, 0.2) is 5.16 Å². The second kappa shape index (κ2) is 14.0. The predicted molar refractivity (Wildman–Crippen MR) is 169 cm³/mol. The van der Waals surface area contributed by atoms with Gasteiger partial charge < -0.3 is 19.9 Å². The molecular formula is C32H37N5O3S2. The number of carbonyl (C=O) groups is 2. The van der Waals surface area contributed by atoms with Crippen LogP contribution in [0.1, 0.15) is 62.6 Å². The highest BCUT2D eigenvalue weighted by Crippen LogP contribution is 2.38. The smallest absolute Gasteiger partial charge is 0.254 e. The maximum absolute atomic E-state index is 13.3. The Morgan fingerprint density at radius 2 is 1.86 bits per heavy atom. The molecule has 0 saturated heterocycles. The van der Waals surface area contributed by atoms with E-state index in [4.69, 9.17) is 4.74 Å². The summed E-state index contributed by atoms with van der Waals surface area (Å²) < 4.78 is 7.32. The molecule has 0 bridgehead atoms. The summed E-state index contributed by atoms with van der Waals surface area (Å²) in [5.41, 5.74) is 5.15. The van der Waals surface area contributed by atoms with Crippen LogP contribution in [0.25, 0.3) is 0 Å². The second-order valence-electron chi connectivity index (χ2n) is 10.5. The number of carbonyl (C=O) groups excluding carboxylic acids is 2. The van der Waals surface area contributed by atoms with Crippen molar-refractivity contribution in [3.05, 3.63) is 87.0 Å². The highest BCUT2D eigenvalue weighted by Gasteiger charge is 2.26. The molecule has 5 rings (SSSR count). The number of nitrogens with one attached hydrogen (secondary N) is 2. The van der Waals surface area contributed by atoms with Crippen molar-refractivity contribution in [1.82, 2.24) is 20.1 Å². The Bertz CT molecular complexity index is 1550. The third-order valence-electron chi connectivity index (χ3n) is 7.53. The molecule has 2 N–H and O–H groups in total. The van der Waals surface area contributed by atoms with E-state index in [-0.39, 0.29) is 17.6 Å². The van der Waals surface area contributed by atoms with Crippen LogP contribution in [0.15, 0.2) is 53.7 Å². The molecule has 0 aliphatic heterocycles. The minimum absolute atomic E-state index is 0.135. The van der Waals surface area contributed by atoms with Gasteiger partial charge in [-0.1, -0.05) is 54.2 Å². The third-order valence-corrected chi connectivity index (χ3v) is 9.76. The Hall–Kier alpha value is -3.63. The van der Waals surface area contributed by atoms with Crippen molar-refractivity contribution in [2.24, 2.45) is 7.05 Å². The van der Waals surface area contributed by atoms with Crippen molar-refractivity contribution in [2.45, 2.75) is 63.6 Å². The normalized spacial score (nSPS) is 12.5. The molecule has 1 aliphatic rings. The Labute approximate surface area is 255 Å². The summed E-state index contributed by atoms with van der Waals surface area (Å²) in [4.78, 5) is 27.6. The highest BCUT2D eigenvalue weighted by atomic mass is 32.2. The Morgan fingerprint density at radius 3 is 2.64 bits per heavy atom. The lowest BCUT2D eigenvalue weighted by atomic mass is 9.95. The van der Waals surface area contributed by atoms with Crippen LogP contribution in [0.2, 0.25) is 0 Å². The van der Waals surface area contributed by atoms with Gasteiger partial charge in [-0.3, -0.25) is 9.59 Å². The van der Waals surface area contributed by atoms with E-state index in [1.54, 1.807) is 7.11 Å². The largest absolute Gasteiger partial charge is 0.496 e. The first-order chi connectivity index (χ1) is 20.4. The minimum atomic E-state index is -0.157. The van der Waals surface area contributed by atoms with Gasteiger partial charge in [-0.05, 0) is 73.8 Å². The average Bonchev–Trinajstić information content (AvgIpc) is 3.54. The SMILES string of the molecule is COc1ccc(CCCc2nnc(SCC(=O)Nc3sc4c(c3C(=O)NCc3ccccc3)CCCC4)n2C)cc1C. The van der Waals surface area contributed by atoms with Crippen molar-refractivity contribution in [3.63, 3.8) is 0 Å². The van der Waals surface area contributed by atoms with E-state index >= 15 is 0 Å². The van der Waals surface area contributed by atoms with E-state index < -0.39 is 0 Å². The first-order valence-corrected chi connectivity index (χ1v) is 16.1. The number of hydrogen-bond acceptors (Lipinski definition) is 7. The molecule has 0 atom stereocenters. The topological polar surface area (TPSA) is 98.1 Å². The van der Waals surface area contributed by atoms with Crippen molar-refractivity contribution in [1.29, 1.82) is 0 Å². The third kappa shape index (κ3) is 7.22. The fourth-order valence-corrected chi connectivity index (χ4v) is 7.32. The van der Waals surface area contributed by atoms with Crippen molar-refractivity contribution >= 4 is 39.9 Å². The molecule has 0 spiro atoms. The number of methoxy groups -OCH3 is 1. The lowest BCUT2D eigenvalue weighted by Crippen LogP contribution is -2.25. The van der Waals surface area contributed by atoms with Gasteiger partial charge in [0.1, 0.15) is 16.6 Å². The summed E-state index contributed by atoms with van der Waals surface area (Å²) >= 11 is 2.89. The number of benzene rings is 2. The quantitative estimate of drug-likeness (QED) is 0.196. The number of thiophene rings is 1. The number of rotatable bonds is 12. The van der Waals surface area contributed by atoms with E-state index in [9.17, 15) is 9.59 Å². The van der Waals surface area contributed by atoms with Gasteiger partial charge in [0.05, 0.1) is 18.4 Å². The molecule has 0 saturated carbocycles. The molecule has 2 amide bonds. The Morgan fingerprint density at radius 1 is 1.05 bits per heavy atom. The lowest BCUT2D eigenvalue weighted by molar-refractivity contribution is -0.113. The van der Waals surface area contributed by atoms with Crippen LogP contribution >= 0.6 is 23.1 Å². The molecule has 2 aromatic carbocycles. The molecule has 0 radical (unpaired) electrons. The number of fused-ring (bicyclic) bond motifs is 1. The molecule has 0 fully saturated rings. The molecule has 42 heavy (non-hydrogen) atoms. The van der Waals surface area contributed by atoms with Gasteiger partial charge >= 0.3 is 0 Å². The van der Waals surface area contributed by atoms with E-state index in [2.05, 4.69) is 39.9 Å². The lowest BCUT2D eigenvalue weighted by Gasteiger charge is -2.13. The number of thioether (sulfide) groups is 1. The van der Waals surface area contributed by atoms with Crippen LogP contribution in [-0.2, 0) is 44.1 Å². The summed E-state index contributed by atoms with van der Waals surface area (Å²) in [5, 5.41) is 16.1. The van der Waals surface area contributed by atoms with E-state index in [0.717, 1.165) is 73.2 Å². The van der Waals surface area contributed by atoms with Gasteiger partial charge in [-0.25, -0.2) is 0 Å². The summed E-state index contributed by atoms with van der Waals surface area (Å²) in [7, 11) is 3.63. The predicted octanol–water partition coefficient (Wildman–Crippen LogP) is 5.91. The van der Waals surface area contributed by atoms with Gasteiger partial charge in [0, 0.05) is 24.9 Å². The van der Waals surface area contributed by atoms with Gasteiger partial charge in [-0.2, -0.15) is 0 Å². The molecule has 1 aliphatic carbocycles.